The highest BCUT2D eigenvalue weighted by atomic mass is 32.1. The number of benzene rings is 3. The van der Waals surface area contributed by atoms with E-state index >= 15 is 0 Å². The van der Waals surface area contributed by atoms with E-state index in [1.165, 1.54) is 22.9 Å². The van der Waals surface area contributed by atoms with Crippen LogP contribution in [0.5, 0.6) is 0 Å². The van der Waals surface area contributed by atoms with E-state index < -0.39 is 4.92 Å². The molecule has 25 heavy (non-hydrogen) atoms. The van der Waals surface area contributed by atoms with Gasteiger partial charge >= 0.3 is 0 Å². The lowest BCUT2D eigenvalue weighted by Crippen LogP contribution is -2.38. The van der Waals surface area contributed by atoms with Gasteiger partial charge in [-0.25, -0.2) is 0 Å². The van der Waals surface area contributed by atoms with E-state index in [-0.39, 0.29) is 5.69 Å². The molecular weight excluding hydrogens is 336 g/mol. The average Bonchev–Trinajstić information content (AvgIpc) is 2.65. The molecule has 0 aliphatic heterocycles. The van der Waals surface area contributed by atoms with Crippen molar-refractivity contribution in [3.05, 3.63) is 82.4 Å². The SMILES string of the molecule is O=[N+]([O-])c1ccc(NNC(=S)NCc2cccc3ccccc23)cc1. The van der Waals surface area contributed by atoms with Crippen molar-refractivity contribution in [1.29, 1.82) is 0 Å². The molecule has 0 saturated carbocycles. The van der Waals surface area contributed by atoms with Crippen molar-refractivity contribution in [2.24, 2.45) is 0 Å². The number of hydrogen-bond acceptors (Lipinski definition) is 4. The number of anilines is 1. The largest absolute Gasteiger partial charge is 0.357 e. The minimum Gasteiger partial charge on any atom is -0.357 e. The Balaban J connectivity index is 1.55. The lowest BCUT2D eigenvalue weighted by Gasteiger charge is -2.13. The number of non-ortho nitro benzene ring substituents is 1. The highest BCUT2D eigenvalue weighted by Gasteiger charge is 2.04. The zero-order valence-electron chi connectivity index (χ0n) is 13.2. The Morgan fingerprint density at radius 1 is 1.00 bits per heavy atom. The van der Waals surface area contributed by atoms with Gasteiger partial charge in [-0.2, -0.15) is 0 Å². The first-order chi connectivity index (χ1) is 12.1. The summed E-state index contributed by atoms with van der Waals surface area (Å²) < 4.78 is 0. The summed E-state index contributed by atoms with van der Waals surface area (Å²) >= 11 is 5.25. The predicted molar refractivity (Wildman–Crippen MR) is 103 cm³/mol. The van der Waals surface area contributed by atoms with E-state index in [9.17, 15) is 10.1 Å². The Morgan fingerprint density at radius 2 is 1.72 bits per heavy atom. The first kappa shape index (κ1) is 16.7. The fourth-order valence-corrected chi connectivity index (χ4v) is 2.58. The van der Waals surface area contributed by atoms with Crippen LogP contribution in [0.3, 0.4) is 0 Å². The maximum absolute atomic E-state index is 10.6. The van der Waals surface area contributed by atoms with Gasteiger partial charge in [0.05, 0.1) is 10.6 Å². The molecule has 0 heterocycles. The quantitative estimate of drug-likeness (QED) is 0.369. The predicted octanol–water partition coefficient (Wildman–Crippen LogP) is 3.74. The van der Waals surface area contributed by atoms with Crippen molar-refractivity contribution in [1.82, 2.24) is 10.7 Å². The lowest BCUT2D eigenvalue weighted by molar-refractivity contribution is -0.384. The minimum absolute atomic E-state index is 0.0437. The van der Waals surface area contributed by atoms with E-state index in [2.05, 4.69) is 40.4 Å². The van der Waals surface area contributed by atoms with Crippen LogP contribution in [-0.4, -0.2) is 10.0 Å². The summed E-state index contributed by atoms with van der Waals surface area (Å²) in [5, 5.41) is 16.6. The molecule has 0 fully saturated rings. The molecule has 0 aliphatic carbocycles. The van der Waals surface area contributed by atoms with Crippen LogP contribution in [0.2, 0.25) is 0 Å². The summed E-state index contributed by atoms with van der Waals surface area (Å²) in [4.78, 5) is 10.2. The van der Waals surface area contributed by atoms with Gasteiger partial charge in [0, 0.05) is 18.7 Å². The number of nitrogens with one attached hydrogen (secondary N) is 3. The number of nitro benzene ring substituents is 1. The fraction of sp³-hybridized carbons (Fsp3) is 0.0556. The molecule has 0 saturated heterocycles. The molecule has 3 rings (SSSR count). The molecule has 0 aliphatic rings. The standard InChI is InChI=1S/C18H16N4O2S/c23-22(24)16-10-8-15(9-11-16)20-21-18(25)19-12-14-6-3-5-13-4-1-2-7-17(13)14/h1-11,20H,12H2,(H2,19,21,25). The molecule has 0 unspecified atom stereocenters. The molecular formula is C18H16N4O2S. The molecule has 3 aromatic rings. The van der Waals surface area contributed by atoms with Crippen molar-refractivity contribution in [3.8, 4) is 0 Å². The van der Waals surface area contributed by atoms with Crippen LogP contribution in [-0.2, 0) is 6.54 Å². The van der Waals surface area contributed by atoms with Gasteiger partial charge in [0.15, 0.2) is 5.11 Å². The van der Waals surface area contributed by atoms with Crippen LogP contribution in [0.15, 0.2) is 66.7 Å². The molecule has 7 heteroatoms. The highest BCUT2D eigenvalue weighted by molar-refractivity contribution is 7.80. The van der Waals surface area contributed by atoms with Crippen LogP contribution < -0.4 is 16.2 Å². The molecule has 0 radical (unpaired) electrons. The smallest absolute Gasteiger partial charge is 0.269 e. The van der Waals surface area contributed by atoms with Crippen LogP contribution >= 0.6 is 12.2 Å². The number of fused-ring (bicyclic) bond motifs is 1. The third-order valence-electron chi connectivity index (χ3n) is 3.72. The number of rotatable bonds is 5. The number of nitro groups is 1. The Labute approximate surface area is 150 Å². The van der Waals surface area contributed by atoms with Gasteiger partial charge in [-0.05, 0) is 40.7 Å². The zero-order chi connectivity index (χ0) is 17.6. The minimum atomic E-state index is -0.437. The molecule has 0 aromatic heterocycles. The van der Waals surface area contributed by atoms with Gasteiger partial charge in [-0.15, -0.1) is 0 Å². The van der Waals surface area contributed by atoms with Gasteiger partial charge in [0.1, 0.15) is 0 Å². The van der Waals surface area contributed by atoms with E-state index in [4.69, 9.17) is 12.2 Å². The second-order valence-electron chi connectivity index (χ2n) is 5.37. The molecule has 0 spiro atoms. The van der Waals surface area contributed by atoms with Gasteiger partial charge in [-0.3, -0.25) is 21.0 Å². The van der Waals surface area contributed by atoms with Crippen LogP contribution in [0.1, 0.15) is 5.56 Å². The Bertz CT molecular complexity index is 907. The van der Waals surface area contributed by atoms with Crippen LogP contribution in [0.25, 0.3) is 10.8 Å². The molecule has 6 nitrogen and oxygen atoms in total. The van der Waals surface area contributed by atoms with Crippen molar-refractivity contribution in [3.63, 3.8) is 0 Å². The molecule has 3 N–H and O–H groups in total. The van der Waals surface area contributed by atoms with Crippen molar-refractivity contribution in [2.45, 2.75) is 6.54 Å². The number of nitrogens with zero attached hydrogens (tertiary/aromatic N) is 1. The van der Waals surface area contributed by atoms with Crippen molar-refractivity contribution < 1.29 is 4.92 Å². The summed E-state index contributed by atoms with van der Waals surface area (Å²) in [5.74, 6) is 0. The Hall–Kier alpha value is -3.19. The molecule has 0 atom stereocenters. The fourth-order valence-electron chi connectivity index (χ4n) is 2.46. The summed E-state index contributed by atoms with van der Waals surface area (Å²) in [7, 11) is 0. The maximum atomic E-state index is 10.6. The number of thiocarbonyl (C=S) groups is 1. The Morgan fingerprint density at radius 3 is 2.48 bits per heavy atom. The van der Waals surface area contributed by atoms with E-state index in [1.807, 2.05) is 18.2 Å². The Kier molecular flexibility index (Phi) is 5.06. The van der Waals surface area contributed by atoms with E-state index in [1.54, 1.807) is 12.1 Å². The maximum Gasteiger partial charge on any atom is 0.269 e. The summed E-state index contributed by atoms with van der Waals surface area (Å²) in [6, 6.07) is 20.4. The van der Waals surface area contributed by atoms with Crippen molar-refractivity contribution in [2.75, 3.05) is 5.43 Å². The van der Waals surface area contributed by atoms with Crippen molar-refractivity contribution >= 4 is 39.5 Å². The lowest BCUT2D eigenvalue weighted by atomic mass is 10.0. The molecule has 126 valence electrons. The summed E-state index contributed by atoms with van der Waals surface area (Å²) in [6.45, 7) is 0.592. The average molecular weight is 352 g/mol. The molecule has 0 amide bonds. The van der Waals surface area contributed by atoms with Gasteiger partial charge in [0.25, 0.3) is 5.69 Å². The summed E-state index contributed by atoms with van der Waals surface area (Å²) in [6.07, 6.45) is 0. The van der Waals surface area contributed by atoms with Crippen LogP contribution in [0, 0.1) is 10.1 Å². The third kappa shape index (κ3) is 4.21. The number of hydrazine groups is 1. The zero-order valence-corrected chi connectivity index (χ0v) is 14.0. The second kappa shape index (κ2) is 7.59. The highest BCUT2D eigenvalue weighted by Crippen LogP contribution is 2.18. The summed E-state index contributed by atoms with van der Waals surface area (Å²) in [5.41, 5.74) is 7.65. The third-order valence-corrected chi connectivity index (χ3v) is 3.96. The normalized spacial score (nSPS) is 10.2. The first-order valence-corrected chi connectivity index (χ1v) is 8.05. The second-order valence-corrected chi connectivity index (χ2v) is 5.78. The van der Waals surface area contributed by atoms with E-state index in [0.29, 0.717) is 17.3 Å². The molecule has 3 aromatic carbocycles. The van der Waals surface area contributed by atoms with E-state index in [0.717, 1.165) is 5.56 Å². The first-order valence-electron chi connectivity index (χ1n) is 7.64. The van der Waals surface area contributed by atoms with Crippen LogP contribution in [0.4, 0.5) is 11.4 Å². The van der Waals surface area contributed by atoms with Gasteiger partial charge in [-0.1, -0.05) is 42.5 Å². The topological polar surface area (TPSA) is 79.2 Å². The van der Waals surface area contributed by atoms with Gasteiger partial charge in [0.2, 0.25) is 0 Å². The van der Waals surface area contributed by atoms with Gasteiger partial charge < -0.3 is 5.32 Å². The monoisotopic (exact) mass is 352 g/mol. The number of hydrogen-bond donors (Lipinski definition) is 3. The molecule has 0 bridgehead atoms.